The van der Waals surface area contributed by atoms with Gasteiger partial charge < -0.3 is 20.1 Å². The molecule has 1 aromatic carbocycles. The summed E-state index contributed by atoms with van der Waals surface area (Å²) in [7, 11) is 5.31. The maximum atomic E-state index is 5.47. The Morgan fingerprint density at radius 2 is 1.82 bits per heavy atom. The molecular formula is C13H22N2O2. The Kier molecular flexibility index (Phi) is 5.25. The molecule has 4 heteroatoms. The fraction of sp³-hybridized carbons (Fsp3) is 0.538. The third-order valence-corrected chi connectivity index (χ3v) is 2.91. The standard InChI is InChI=1S/C13H22N2O2/c1-9-10(2)13(17-5)11(6-12(9)16-4)7-15-8-14-3/h6,14-15H,7-8H2,1-5H3. The van der Waals surface area contributed by atoms with Crippen molar-refractivity contribution in [2.75, 3.05) is 27.9 Å². The first-order valence-corrected chi connectivity index (χ1v) is 5.72. The van der Waals surface area contributed by atoms with E-state index in [1.807, 2.05) is 20.0 Å². The van der Waals surface area contributed by atoms with Gasteiger partial charge in [-0.05, 0) is 38.1 Å². The van der Waals surface area contributed by atoms with E-state index in [2.05, 4.69) is 17.6 Å². The SMILES string of the molecule is CNCNCc1cc(OC)c(C)c(C)c1OC. The molecule has 0 radical (unpaired) electrons. The van der Waals surface area contributed by atoms with Crippen LogP contribution in [-0.2, 0) is 6.54 Å². The summed E-state index contributed by atoms with van der Waals surface area (Å²) in [5.41, 5.74) is 3.37. The van der Waals surface area contributed by atoms with Gasteiger partial charge in [0.25, 0.3) is 0 Å². The first-order chi connectivity index (χ1) is 8.15. The van der Waals surface area contributed by atoms with Gasteiger partial charge in [0.1, 0.15) is 11.5 Å². The predicted molar refractivity (Wildman–Crippen MR) is 69.8 cm³/mol. The van der Waals surface area contributed by atoms with Crippen LogP contribution in [0.25, 0.3) is 0 Å². The van der Waals surface area contributed by atoms with Crippen molar-refractivity contribution in [3.63, 3.8) is 0 Å². The molecule has 0 atom stereocenters. The third-order valence-electron chi connectivity index (χ3n) is 2.91. The van der Waals surface area contributed by atoms with Crippen molar-refractivity contribution >= 4 is 0 Å². The van der Waals surface area contributed by atoms with Crippen molar-refractivity contribution in [2.24, 2.45) is 0 Å². The fourth-order valence-corrected chi connectivity index (χ4v) is 1.88. The molecule has 4 nitrogen and oxygen atoms in total. The number of benzene rings is 1. The summed E-state index contributed by atoms with van der Waals surface area (Å²) in [6, 6.07) is 2.03. The molecule has 17 heavy (non-hydrogen) atoms. The van der Waals surface area contributed by atoms with Crippen molar-refractivity contribution in [1.82, 2.24) is 10.6 Å². The van der Waals surface area contributed by atoms with E-state index in [-0.39, 0.29) is 0 Å². The average molecular weight is 238 g/mol. The van der Waals surface area contributed by atoms with Crippen molar-refractivity contribution in [3.05, 3.63) is 22.8 Å². The molecule has 0 bridgehead atoms. The lowest BCUT2D eigenvalue weighted by Gasteiger charge is -2.17. The van der Waals surface area contributed by atoms with Crippen LogP contribution in [0.15, 0.2) is 6.07 Å². The van der Waals surface area contributed by atoms with E-state index in [1.54, 1.807) is 14.2 Å². The number of rotatable bonds is 6. The van der Waals surface area contributed by atoms with E-state index >= 15 is 0 Å². The molecule has 96 valence electrons. The van der Waals surface area contributed by atoms with Crippen LogP contribution in [-0.4, -0.2) is 27.9 Å². The lowest BCUT2D eigenvalue weighted by Crippen LogP contribution is -2.25. The Balaban J connectivity index is 3.04. The minimum absolute atomic E-state index is 0.751. The van der Waals surface area contributed by atoms with Gasteiger partial charge in [-0.2, -0.15) is 0 Å². The molecule has 0 aliphatic heterocycles. The first-order valence-electron chi connectivity index (χ1n) is 5.72. The number of ether oxygens (including phenoxy) is 2. The highest BCUT2D eigenvalue weighted by molar-refractivity contribution is 5.52. The van der Waals surface area contributed by atoms with E-state index in [4.69, 9.17) is 9.47 Å². The first kappa shape index (κ1) is 13.8. The van der Waals surface area contributed by atoms with Crippen LogP contribution in [0.3, 0.4) is 0 Å². The molecule has 0 spiro atoms. The van der Waals surface area contributed by atoms with Crippen molar-refractivity contribution in [2.45, 2.75) is 20.4 Å². The van der Waals surface area contributed by atoms with Crippen LogP contribution in [0.1, 0.15) is 16.7 Å². The monoisotopic (exact) mass is 238 g/mol. The normalized spacial score (nSPS) is 10.4. The van der Waals surface area contributed by atoms with Crippen LogP contribution >= 0.6 is 0 Å². The molecule has 0 unspecified atom stereocenters. The second-order valence-electron chi connectivity index (χ2n) is 3.98. The number of nitrogens with one attached hydrogen (secondary N) is 2. The Morgan fingerprint density at radius 1 is 1.12 bits per heavy atom. The largest absolute Gasteiger partial charge is 0.496 e. The number of hydrogen-bond acceptors (Lipinski definition) is 4. The highest BCUT2D eigenvalue weighted by Gasteiger charge is 2.13. The molecule has 0 aliphatic rings. The fourth-order valence-electron chi connectivity index (χ4n) is 1.88. The van der Waals surface area contributed by atoms with Gasteiger partial charge in [-0.3, -0.25) is 0 Å². The molecule has 0 aromatic heterocycles. The highest BCUT2D eigenvalue weighted by Crippen LogP contribution is 2.33. The summed E-state index contributed by atoms with van der Waals surface area (Å²) in [6.07, 6.45) is 0. The second kappa shape index (κ2) is 6.47. The van der Waals surface area contributed by atoms with Gasteiger partial charge in [0.2, 0.25) is 0 Å². The molecule has 0 heterocycles. The summed E-state index contributed by atoms with van der Waals surface area (Å²) in [4.78, 5) is 0. The van der Waals surface area contributed by atoms with Gasteiger partial charge in [-0.25, -0.2) is 0 Å². The van der Waals surface area contributed by atoms with Crippen molar-refractivity contribution in [1.29, 1.82) is 0 Å². The average Bonchev–Trinajstić information content (AvgIpc) is 2.34. The third kappa shape index (κ3) is 3.11. The maximum Gasteiger partial charge on any atom is 0.126 e. The predicted octanol–water partition coefficient (Wildman–Crippen LogP) is 1.59. The lowest BCUT2D eigenvalue weighted by molar-refractivity contribution is 0.391. The number of hydrogen-bond donors (Lipinski definition) is 2. The summed E-state index contributed by atoms with van der Waals surface area (Å²) < 4.78 is 10.8. The van der Waals surface area contributed by atoms with Gasteiger partial charge in [-0.15, -0.1) is 0 Å². The van der Waals surface area contributed by atoms with Crippen LogP contribution in [0, 0.1) is 13.8 Å². The zero-order valence-electron chi connectivity index (χ0n) is 11.3. The lowest BCUT2D eigenvalue weighted by atomic mass is 10.0. The summed E-state index contributed by atoms with van der Waals surface area (Å²) in [5, 5.41) is 6.32. The molecular weight excluding hydrogens is 216 g/mol. The molecule has 0 fully saturated rings. The Morgan fingerprint density at radius 3 is 2.35 bits per heavy atom. The van der Waals surface area contributed by atoms with Gasteiger partial charge in [0.05, 0.1) is 14.2 Å². The summed E-state index contributed by atoms with van der Waals surface area (Å²) in [5.74, 6) is 1.84. The molecule has 0 aliphatic carbocycles. The minimum atomic E-state index is 0.751. The molecule has 2 N–H and O–H groups in total. The smallest absolute Gasteiger partial charge is 0.126 e. The summed E-state index contributed by atoms with van der Waals surface area (Å²) in [6.45, 7) is 5.61. The van der Waals surface area contributed by atoms with Gasteiger partial charge in [-0.1, -0.05) is 0 Å². The highest BCUT2D eigenvalue weighted by atomic mass is 16.5. The van der Waals surface area contributed by atoms with Gasteiger partial charge >= 0.3 is 0 Å². The quantitative estimate of drug-likeness (QED) is 0.583. The maximum absolute atomic E-state index is 5.47. The molecule has 1 aromatic rings. The van der Waals surface area contributed by atoms with E-state index in [0.717, 1.165) is 41.4 Å². The Labute approximate surface area is 103 Å². The van der Waals surface area contributed by atoms with E-state index in [1.165, 1.54) is 0 Å². The topological polar surface area (TPSA) is 42.5 Å². The zero-order chi connectivity index (χ0) is 12.8. The second-order valence-corrected chi connectivity index (χ2v) is 3.98. The molecule has 0 saturated carbocycles. The van der Waals surface area contributed by atoms with Crippen molar-refractivity contribution < 1.29 is 9.47 Å². The molecule has 0 saturated heterocycles. The Hall–Kier alpha value is -1.26. The van der Waals surface area contributed by atoms with Crippen LogP contribution in [0.2, 0.25) is 0 Å². The van der Waals surface area contributed by atoms with Crippen LogP contribution in [0.4, 0.5) is 0 Å². The van der Waals surface area contributed by atoms with Gasteiger partial charge in [0, 0.05) is 18.8 Å². The van der Waals surface area contributed by atoms with Crippen molar-refractivity contribution in [3.8, 4) is 11.5 Å². The Bertz CT molecular complexity index is 378. The van der Waals surface area contributed by atoms with E-state index < -0.39 is 0 Å². The van der Waals surface area contributed by atoms with E-state index in [0.29, 0.717) is 0 Å². The van der Waals surface area contributed by atoms with Crippen LogP contribution in [0.5, 0.6) is 11.5 Å². The van der Waals surface area contributed by atoms with Crippen LogP contribution < -0.4 is 20.1 Å². The zero-order valence-corrected chi connectivity index (χ0v) is 11.3. The summed E-state index contributed by atoms with van der Waals surface area (Å²) >= 11 is 0. The molecule has 0 amide bonds. The molecule has 1 rings (SSSR count). The number of methoxy groups -OCH3 is 2. The minimum Gasteiger partial charge on any atom is -0.496 e. The van der Waals surface area contributed by atoms with Gasteiger partial charge in [0.15, 0.2) is 0 Å². The van der Waals surface area contributed by atoms with E-state index in [9.17, 15) is 0 Å².